The molecule has 134 valence electrons. The molecule has 0 aliphatic heterocycles. The van der Waals surface area contributed by atoms with Crippen molar-refractivity contribution < 1.29 is 13.9 Å². The molecule has 1 amide bonds. The molecule has 0 spiro atoms. The molecule has 0 aliphatic carbocycles. The number of para-hydroxylation sites is 1. The van der Waals surface area contributed by atoms with Crippen LogP contribution in [0.1, 0.15) is 34.1 Å². The van der Waals surface area contributed by atoms with Gasteiger partial charge in [0.2, 0.25) is 0 Å². The smallest absolute Gasteiger partial charge is 0.261 e. The number of thiazole rings is 1. The first kappa shape index (κ1) is 18.1. The van der Waals surface area contributed by atoms with E-state index in [1.54, 1.807) is 36.5 Å². The molecule has 1 heterocycles. The minimum Gasteiger partial charge on any atom is -0.493 e. The average Bonchev–Trinajstić information content (AvgIpc) is 3.09. The number of hydrogen-bond donors (Lipinski definition) is 1. The van der Waals surface area contributed by atoms with Gasteiger partial charge in [-0.1, -0.05) is 31.2 Å². The first-order chi connectivity index (χ1) is 12.7. The molecule has 3 rings (SSSR count). The number of nitrogens with one attached hydrogen (secondary N) is 1. The lowest BCUT2D eigenvalue weighted by Crippen LogP contribution is -2.13. The quantitative estimate of drug-likeness (QED) is 0.643. The Morgan fingerprint density at radius 2 is 1.96 bits per heavy atom. The molecule has 6 heteroatoms. The van der Waals surface area contributed by atoms with Crippen LogP contribution in [0.25, 0.3) is 0 Å². The van der Waals surface area contributed by atoms with E-state index >= 15 is 0 Å². The van der Waals surface area contributed by atoms with Crippen molar-refractivity contribution >= 4 is 22.4 Å². The lowest BCUT2D eigenvalue weighted by atomic mass is 10.1. The van der Waals surface area contributed by atoms with E-state index in [-0.39, 0.29) is 11.7 Å². The molecule has 0 unspecified atom stereocenters. The van der Waals surface area contributed by atoms with Crippen molar-refractivity contribution in [2.75, 3.05) is 11.9 Å². The lowest BCUT2D eigenvalue weighted by molar-refractivity contribution is 0.102. The number of rotatable bonds is 7. The van der Waals surface area contributed by atoms with Crippen molar-refractivity contribution in [3.63, 3.8) is 0 Å². The summed E-state index contributed by atoms with van der Waals surface area (Å²) in [6.45, 7) is 2.57. The summed E-state index contributed by atoms with van der Waals surface area (Å²) in [4.78, 5) is 17.8. The standard InChI is InChI=1S/C20H19FN2O2S/c1-2-11-25-18-6-4-3-5-17(18)19(24)23-20-22-13-16(26-20)12-14-7-9-15(21)10-8-14/h3-10,13H,2,11-12H2,1H3,(H,22,23,24). The molecular formula is C20H19FN2O2S. The zero-order valence-corrected chi connectivity index (χ0v) is 15.2. The van der Waals surface area contributed by atoms with Gasteiger partial charge in [-0.3, -0.25) is 10.1 Å². The Hall–Kier alpha value is -2.73. The summed E-state index contributed by atoms with van der Waals surface area (Å²) in [5, 5.41) is 3.34. The minimum absolute atomic E-state index is 0.251. The van der Waals surface area contributed by atoms with Gasteiger partial charge in [0.1, 0.15) is 11.6 Å². The summed E-state index contributed by atoms with van der Waals surface area (Å²) in [5.41, 5.74) is 1.47. The maximum atomic E-state index is 13.0. The predicted octanol–water partition coefficient (Wildman–Crippen LogP) is 4.91. The van der Waals surface area contributed by atoms with Crippen LogP contribution in [0.15, 0.2) is 54.7 Å². The highest BCUT2D eigenvalue weighted by atomic mass is 32.1. The largest absolute Gasteiger partial charge is 0.493 e. The molecule has 0 bridgehead atoms. The van der Waals surface area contributed by atoms with Crippen LogP contribution in [-0.4, -0.2) is 17.5 Å². The third kappa shape index (κ3) is 4.67. The fourth-order valence-electron chi connectivity index (χ4n) is 2.41. The highest BCUT2D eigenvalue weighted by molar-refractivity contribution is 7.15. The molecule has 0 saturated carbocycles. The van der Waals surface area contributed by atoms with E-state index < -0.39 is 0 Å². The van der Waals surface area contributed by atoms with Gasteiger partial charge in [0.05, 0.1) is 12.2 Å². The number of halogens is 1. The normalized spacial score (nSPS) is 10.5. The van der Waals surface area contributed by atoms with Crippen LogP contribution < -0.4 is 10.1 Å². The highest BCUT2D eigenvalue weighted by Gasteiger charge is 2.14. The van der Waals surface area contributed by atoms with Gasteiger partial charge in [0, 0.05) is 17.5 Å². The summed E-state index contributed by atoms with van der Waals surface area (Å²) in [6, 6.07) is 13.5. The van der Waals surface area contributed by atoms with Crippen LogP contribution in [0.2, 0.25) is 0 Å². The summed E-state index contributed by atoms with van der Waals surface area (Å²) in [6.07, 6.45) is 3.24. The molecule has 0 radical (unpaired) electrons. The molecule has 0 saturated heterocycles. The SMILES string of the molecule is CCCOc1ccccc1C(=O)Nc1ncc(Cc2ccc(F)cc2)s1. The fraction of sp³-hybridized carbons (Fsp3) is 0.200. The molecule has 1 aromatic heterocycles. The van der Waals surface area contributed by atoms with Gasteiger partial charge in [-0.2, -0.15) is 0 Å². The fourth-order valence-corrected chi connectivity index (χ4v) is 3.25. The minimum atomic E-state index is -0.255. The zero-order valence-electron chi connectivity index (χ0n) is 14.4. The Morgan fingerprint density at radius 3 is 2.73 bits per heavy atom. The zero-order chi connectivity index (χ0) is 18.4. The van der Waals surface area contributed by atoms with Gasteiger partial charge in [-0.25, -0.2) is 9.37 Å². The Balaban J connectivity index is 1.67. The van der Waals surface area contributed by atoms with E-state index in [4.69, 9.17) is 4.74 Å². The van der Waals surface area contributed by atoms with Crippen molar-refractivity contribution in [3.8, 4) is 5.75 Å². The predicted molar refractivity (Wildman–Crippen MR) is 102 cm³/mol. The summed E-state index contributed by atoms with van der Waals surface area (Å²) < 4.78 is 18.6. The number of hydrogen-bond acceptors (Lipinski definition) is 4. The molecule has 3 aromatic rings. The Kier molecular flexibility index (Phi) is 5.96. The van der Waals surface area contributed by atoms with E-state index in [2.05, 4.69) is 10.3 Å². The summed E-state index contributed by atoms with van der Waals surface area (Å²) >= 11 is 1.40. The number of aromatic nitrogens is 1. The van der Waals surface area contributed by atoms with Gasteiger partial charge in [-0.15, -0.1) is 11.3 Å². The topological polar surface area (TPSA) is 51.2 Å². The van der Waals surface area contributed by atoms with Crippen LogP contribution >= 0.6 is 11.3 Å². The van der Waals surface area contributed by atoms with Crippen molar-refractivity contribution in [1.29, 1.82) is 0 Å². The molecule has 0 aliphatic rings. The van der Waals surface area contributed by atoms with Crippen molar-refractivity contribution in [2.45, 2.75) is 19.8 Å². The number of anilines is 1. The monoisotopic (exact) mass is 370 g/mol. The molecule has 0 fully saturated rings. The van der Waals surface area contributed by atoms with Gasteiger partial charge < -0.3 is 4.74 Å². The summed E-state index contributed by atoms with van der Waals surface area (Å²) in [7, 11) is 0. The van der Waals surface area contributed by atoms with Gasteiger partial charge >= 0.3 is 0 Å². The summed E-state index contributed by atoms with van der Waals surface area (Å²) in [5.74, 6) is 0.0595. The molecule has 2 aromatic carbocycles. The van der Waals surface area contributed by atoms with Crippen LogP contribution in [0.5, 0.6) is 5.75 Å². The van der Waals surface area contributed by atoms with Gasteiger partial charge in [0.15, 0.2) is 5.13 Å². The van der Waals surface area contributed by atoms with Crippen molar-refractivity contribution in [1.82, 2.24) is 4.98 Å². The molecule has 26 heavy (non-hydrogen) atoms. The van der Waals surface area contributed by atoms with Crippen molar-refractivity contribution in [3.05, 3.63) is 76.5 Å². The second-order valence-electron chi connectivity index (χ2n) is 5.73. The molecule has 1 N–H and O–H groups in total. The van der Waals surface area contributed by atoms with Crippen LogP contribution in [-0.2, 0) is 6.42 Å². The third-order valence-electron chi connectivity index (χ3n) is 3.66. The number of carbonyl (C=O) groups is 1. The van der Waals surface area contributed by atoms with Crippen molar-refractivity contribution in [2.24, 2.45) is 0 Å². The van der Waals surface area contributed by atoms with Crippen LogP contribution in [0.3, 0.4) is 0 Å². The highest BCUT2D eigenvalue weighted by Crippen LogP contribution is 2.24. The maximum Gasteiger partial charge on any atom is 0.261 e. The number of amides is 1. The van der Waals surface area contributed by atoms with Crippen LogP contribution in [0.4, 0.5) is 9.52 Å². The lowest BCUT2D eigenvalue weighted by Gasteiger charge is -2.09. The number of benzene rings is 2. The average molecular weight is 370 g/mol. The maximum absolute atomic E-state index is 13.0. The van der Waals surface area contributed by atoms with E-state index in [9.17, 15) is 9.18 Å². The van der Waals surface area contributed by atoms with E-state index in [1.165, 1.54) is 23.5 Å². The second-order valence-corrected chi connectivity index (χ2v) is 6.85. The van der Waals surface area contributed by atoms with Crippen LogP contribution in [0, 0.1) is 5.82 Å². The van der Waals surface area contributed by atoms with Gasteiger partial charge in [0.25, 0.3) is 5.91 Å². The number of carbonyl (C=O) groups excluding carboxylic acids is 1. The molecular weight excluding hydrogens is 351 g/mol. The Morgan fingerprint density at radius 1 is 1.19 bits per heavy atom. The Bertz CT molecular complexity index is 878. The van der Waals surface area contributed by atoms with E-state index in [0.29, 0.717) is 29.5 Å². The third-order valence-corrected chi connectivity index (χ3v) is 4.57. The van der Waals surface area contributed by atoms with E-state index in [0.717, 1.165) is 16.9 Å². The number of ether oxygens (including phenoxy) is 1. The number of nitrogens with zero attached hydrogens (tertiary/aromatic N) is 1. The van der Waals surface area contributed by atoms with Gasteiger partial charge in [-0.05, 0) is 36.2 Å². The first-order valence-electron chi connectivity index (χ1n) is 8.38. The molecule has 0 atom stereocenters. The molecule has 4 nitrogen and oxygen atoms in total. The first-order valence-corrected chi connectivity index (χ1v) is 9.19. The van der Waals surface area contributed by atoms with E-state index in [1.807, 2.05) is 13.0 Å². The second kappa shape index (κ2) is 8.58. The Labute approximate surface area is 155 Å².